The predicted octanol–water partition coefficient (Wildman–Crippen LogP) is 1.88. The maximum atomic E-state index is 9.23. The first-order valence-corrected chi connectivity index (χ1v) is 7.35. The van der Waals surface area contributed by atoms with E-state index in [1.165, 1.54) is 24.4 Å². The lowest BCUT2D eigenvalue weighted by molar-refractivity contribution is 0.110. The smallest absolute Gasteiger partial charge is 0.123 e. The summed E-state index contributed by atoms with van der Waals surface area (Å²) in [5.41, 5.74) is 2.40. The van der Waals surface area contributed by atoms with Crippen LogP contribution in [-0.2, 0) is 13.6 Å². The van der Waals surface area contributed by atoms with Crippen LogP contribution in [0.2, 0.25) is 0 Å². The minimum absolute atomic E-state index is 0.322. The summed E-state index contributed by atoms with van der Waals surface area (Å²) in [5.74, 6) is 2.30. The molecule has 1 aromatic heterocycles. The van der Waals surface area contributed by atoms with E-state index in [9.17, 15) is 5.11 Å². The Hall–Kier alpha value is -0.870. The number of piperidine rings is 1. The Kier molecular flexibility index (Phi) is 4.63. The monoisotopic (exact) mass is 265 g/mol. The van der Waals surface area contributed by atoms with Crippen LogP contribution in [0, 0.1) is 25.7 Å². The van der Waals surface area contributed by atoms with Crippen LogP contribution in [-0.4, -0.2) is 39.3 Å². The minimum Gasteiger partial charge on any atom is -0.396 e. The van der Waals surface area contributed by atoms with Crippen molar-refractivity contribution in [2.45, 2.75) is 40.2 Å². The van der Waals surface area contributed by atoms with E-state index in [0.29, 0.717) is 18.4 Å². The van der Waals surface area contributed by atoms with E-state index in [-0.39, 0.29) is 0 Å². The maximum absolute atomic E-state index is 9.23. The van der Waals surface area contributed by atoms with Crippen molar-refractivity contribution in [1.29, 1.82) is 0 Å². The molecule has 19 heavy (non-hydrogen) atoms. The van der Waals surface area contributed by atoms with Crippen LogP contribution >= 0.6 is 0 Å². The molecule has 1 aromatic rings. The van der Waals surface area contributed by atoms with Crippen molar-refractivity contribution in [3.63, 3.8) is 0 Å². The summed E-state index contributed by atoms with van der Waals surface area (Å²) in [6.07, 6.45) is 2.40. The normalized spacial score (nSPS) is 19.8. The van der Waals surface area contributed by atoms with Gasteiger partial charge in [-0.05, 0) is 51.6 Å². The highest BCUT2D eigenvalue weighted by Crippen LogP contribution is 2.25. The SMILES string of the molecule is Cc1nc(CN2CCC([C@H](C)CO)CC2)n(C)c1C. The molecule has 2 heterocycles. The van der Waals surface area contributed by atoms with Crippen molar-refractivity contribution >= 4 is 0 Å². The third-order valence-electron chi connectivity index (χ3n) is 4.80. The molecule has 0 radical (unpaired) electrons. The largest absolute Gasteiger partial charge is 0.396 e. The topological polar surface area (TPSA) is 41.3 Å². The number of hydrogen-bond acceptors (Lipinski definition) is 3. The van der Waals surface area contributed by atoms with Gasteiger partial charge < -0.3 is 9.67 Å². The number of imidazole rings is 1. The average molecular weight is 265 g/mol. The van der Waals surface area contributed by atoms with Crippen LogP contribution in [0.15, 0.2) is 0 Å². The van der Waals surface area contributed by atoms with Crippen LogP contribution in [0.25, 0.3) is 0 Å². The Bertz CT molecular complexity index is 419. The summed E-state index contributed by atoms with van der Waals surface area (Å²) in [6.45, 7) is 9.88. The van der Waals surface area contributed by atoms with Gasteiger partial charge in [-0.1, -0.05) is 6.92 Å². The summed E-state index contributed by atoms with van der Waals surface area (Å²) in [5, 5.41) is 9.23. The van der Waals surface area contributed by atoms with E-state index < -0.39 is 0 Å². The number of aryl methyl sites for hydroxylation is 1. The van der Waals surface area contributed by atoms with Gasteiger partial charge in [-0.2, -0.15) is 0 Å². The number of aliphatic hydroxyl groups excluding tert-OH is 1. The minimum atomic E-state index is 0.322. The van der Waals surface area contributed by atoms with Gasteiger partial charge in [-0.15, -0.1) is 0 Å². The van der Waals surface area contributed by atoms with Gasteiger partial charge in [0.25, 0.3) is 0 Å². The zero-order chi connectivity index (χ0) is 14.0. The second-order valence-electron chi connectivity index (χ2n) is 6.03. The molecule has 1 aliphatic rings. The molecule has 108 valence electrons. The lowest BCUT2D eigenvalue weighted by Gasteiger charge is -2.34. The van der Waals surface area contributed by atoms with Crippen LogP contribution in [0.4, 0.5) is 0 Å². The third-order valence-corrected chi connectivity index (χ3v) is 4.80. The van der Waals surface area contributed by atoms with E-state index >= 15 is 0 Å². The van der Waals surface area contributed by atoms with Crippen molar-refractivity contribution < 1.29 is 5.11 Å². The first-order chi connectivity index (χ1) is 9.02. The van der Waals surface area contributed by atoms with E-state index in [0.717, 1.165) is 25.3 Å². The van der Waals surface area contributed by atoms with Crippen LogP contribution in [0.5, 0.6) is 0 Å². The number of aliphatic hydroxyl groups is 1. The number of nitrogens with zero attached hydrogens (tertiary/aromatic N) is 3. The van der Waals surface area contributed by atoms with Gasteiger partial charge in [-0.25, -0.2) is 4.98 Å². The van der Waals surface area contributed by atoms with Gasteiger partial charge in [0.2, 0.25) is 0 Å². The fourth-order valence-electron chi connectivity index (χ4n) is 2.96. The van der Waals surface area contributed by atoms with Crippen molar-refractivity contribution in [1.82, 2.24) is 14.5 Å². The zero-order valence-corrected chi connectivity index (χ0v) is 12.7. The lowest BCUT2D eigenvalue weighted by Crippen LogP contribution is -2.36. The molecule has 0 aliphatic carbocycles. The highest BCUT2D eigenvalue weighted by molar-refractivity contribution is 5.13. The second kappa shape index (κ2) is 6.06. The van der Waals surface area contributed by atoms with Gasteiger partial charge in [-0.3, -0.25) is 4.90 Å². The molecule has 0 amide bonds. The number of hydrogen-bond donors (Lipinski definition) is 1. The average Bonchev–Trinajstić information content (AvgIpc) is 2.66. The highest BCUT2D eigenvalue weighted by atomic mass is 16.3. The summed E-state index contributed by atoms with van der Waals surface area (Å²) in [4.78, 5) is 7.14. The fourth-order valence-corrected chi connectivity index (χ4v) is 2.96. The van der Waals surface area contributed by atoms with Crippen molar-refractivity contribution in [2.24, 2.45) is 18.9 Å². The van der Waals surface area contributed by atoms with Gasteiger partial charge in [0, 0.05) is 19.3 Å². The molecule has 0 aromatic carbocycles. The summed E-state index contributed by atoms with van der Waals surface area (Å²) in [7, 11) is 2.10. The van der Waals surface area contributed by atoms with Crippen LogP contribution in [0.1, 0.15) is 37.0 Å². The Morgan fingerprint density at radius 3 is 2.42 bits per heavy atom. The van der Waals surface area contributed by atoms with Gasteiger partial charge in [0.1, 0.15) is 5.82 Å². The fraction of sp³-hybridized carbons (Fsp3) is 0.800. The number of rotatable bonds is 4. The van der Waals surface area contributed by atoms with Crippen LogP contribution in [0.3, 0.4) is 0 Å². The standard InChI is InChI=1S/C15H27N3O/c1-11(10-19)14-5-7-18(8-6-14)9-15-16-12(2)13(3)17(15)4/h11,14,19H,5-10H2,1-4H3/t11-/m1/s1. The first-order valence-electron chi connectivity index (χ1n) is 7.35. The molecular weight excluding hydrogens is 238 g/mol. The molecule has 0 unspecified atom stereocenters. The molecule has 1 fully saturated rings. The van der Waals surface area contributed by atoms with E-state index in [4.69, 9.17) is 0 Å². The third kappa shape index (κ3) is 3.18. The molecule has 4 nitrogen and oxygen atoms in total. The van der Waals surface area contributed by atoms with Crippen LogP contribution < -0.4 is 0 Å². The van der Waals surface area contributed by atoms with Crippen molar-refractivity contribution in [2.75, 3.05) is 19.7 Å². The molecule has 1 atom stereocenters. The Labute approximate surface area is 116 Å². The predicted molar refractivity (Wildman–Crippen MR) is 76.9 cm³/mol. The number of aromatic nitrogens is 2. The van der Waals surface area contributed by atoms with Gasteiger partial charge >= 0.3 is 0 Å². The second-order valence-corrected chi connectivity index (χ2v) is 6.03. The van der Waals surface area contributed by atoms with Gasteiger partial charge in [0.15, 0.2) is 0 Å². The van der Waals surface area contributed by atoms with Crippen molar-refractivity contribution in [3.8, 4) is 0 Å². The van der Waals surface area contributed by atoms with E-state index in [1.54, 1.807) is 0 Å². The Morgan fingerprint density at radius 1 is 1.32 bits per heavy atom. The molecular formula is C15H27N3O. The zero-order valence-electron chi connectivity index (χ0n) is 12.7. The summed E-state index contributed by atoms with van der Waals surface area (Å²) < 4.78 is 2.21. The first kappa shape index (κ1) is 14.5. The lowest BCUT2D eigenvalue weighted by atomic mass is 9.86. The Balaban J connectivity index is 1.90. The maximum Gasteiger partial charge on any atom is 0.123 e. The molecule has 1 N–H and O–H groups in total. The molecule has 2 rings (SSSR count). The molecule has 0 bridgehead atoms. The van der Waals surface area contributed by atoms with E-state index in [2.05, 4.69) is 42.3 Å². The molecule has 0 saturated carbocycles. The molecule has 4 heteroatoms. The number of likely N-dealkylation sites (tertiary alicyclic amines) is 1. The molecule has 1 aliphatic heterocycles. The summed E-state index contributed by atoms with van der Waals surface area (Å²) in [6, 6.07) is 0. The van der Waals surface area contributed by atoms with E-state index in [1.807, 2.05) is 0 Å². The Morgan fingerprint density at radius 2 is 1.95 bits per heavy atom. The highest BCUT2D eigenvalue weighted by Gasteiger charge is 2.24. The van der Waals surface area contributed by atoms with Gasteiger partial charge in [0.05, 0.1) is 12.2 Å². The molecule has 0 spiro atoms. The molecule has 1 saturated heterocycles. The van der Waals surface area contributed by atoms with Crippen molar-refractivity contribution in [3.05, 3.63) is 17.2 Å². The quantitative estimate of drug-likeness (QED) is 0.903. The summed E-state index contributed by atoms with van der Waals surface area (Å²) >= 11 is 0.